The zero-order valence-corrected chi connectivity index (χ0v) is 32.3. The number of aromatic nitrogens is 2. The highest BCUT2D eigenvalue weighted by Crippen LogP contribution is 2.58. The lowest BCUT2D eigenvalue weighted by Gasteiger charge is -2.37. The molecule has 0 bridgehead atoms. The summed E-state index contributed by atoms with van der Waals surface area (Å²) in [6.45, 7) is 2.40. The third-order valence-corrected chi connectivity index (χ3v) is 13.6. The monoisotopic (exact) mass is 750 g/mol. The summed E-state index contributed by atoms with van der Waals surface area (Å²) in [4.78, 5) is 12.2. The molecule has 0 spiro atoms. The van der Waals surface area contributed by atoms with Gasteiger partial charge < -0.3 is 4.42 Å². The van der Waals surface area contributed by atoms with Crippen LogP contribution in [-0.4, -0.2) is 15.2 Å². The van der Waals surface area contributed by atoms with Crippen LogP contribution in [-0.2, 0) is 5.41 Å². The normalized spacial score (nSPS) is 17.4. The third kappa shape index (κ3) is 5.74. The van der Waals surface area contributed by atoms with Gasteiger partial charge in [-0.15, -0.1) is 11.8 Å². The van der Waals surface area contributed by atoms with Gasteiger partial charge in [0.2, 0.25) is 0 Å². The summed E-state index contributed by atoms with van der Waals surface area (Å²) in [5, 5.41) is 2.57. The fourth-order valence-electron chi connectivity index (χ4n) is 9.07. The Morgan fingerprint density at radius 1 is 0.544 bits per heavy atom. The predicted octanol–water partition coefficient (Wildman–Crippen LogP) is 14.3. The summed E-state index contributed by atoms with van der Waals surface area (Å²) in [6.07, 6.45) is 4.55. The molecule has 2 atom stereocenters. The quantitative estimate of drug-likeness (QED) is 0.170. The van der Waals surface area contributed by atoms with E-state index in [4.69, 9.17) is 14.4 Å². The standard InChI is InChI=1S/C53H38N2OS/c1-53-43-20-8-9-23-49(43)57-50(53)24-12-21-44(53)52-54-45(37-15-6-3-7-16-37)33-46(55-52)41-19-11-22-48-51(41)42-32-40(29-30-47(42)56-48)39-18-10-17-38(31-39)36-27-25-35(26-28-36)34-13-4-2-5-14-34/h2-11,13-23,25-33,50H,12,24H2,1H3. The Bertz CT molecular complexity index is 3000. The van der Waals surface area contributed by atoms with Gasteiger partial charge in [0.1, 0.15) is 11.2 Å². The molecule has 9 aromatic rings. The lowest BCUT2D eigenvalue weighted by atomic mass is 9.69. The van der Waals surface area contributed by atoms with Gasteiger partial charge in [0, 0.05) is 43.0 Å². The molecule has 0 fully saturated rings. The Morgan fingerprint density at radius 2 is 1.16 bits per heavy atom. The molecule has 0 saturated heterocycles. The van der Waals surface area contributed by atoms with Crippen LogP contribution in [0.15, 0.2) is 191 Å². The molecule has 7 aromatic carbocycles. The molecule has 2 unspecified atom stereocenters. The van der Waals surface area contributed by atoms with Gasteiger partial charge in [-0.1, -0.05) is 153 Å². The SMILES string of the molecule is CC12C(c3nc(-c4ccccc4)cc(-c4cccc5oc6ccc(-c7cccc(-c8ccc(-c9ccccc9)cc8)c7)cc6c45)n3)=CCCC1Sc1ccccc12. The van der Waals surface area contributed by atoms with Crippen molar-refractivity contribution in [3.63, 3.8) is 0 Å². The average molecular weight is 751 g/mol. The van der Waals surface area contributed by atoms with Gasteiger partial charge in [0.25, 0.3) is 0 Å². The van der Waals surface area contributed by atoms with Crippen molar-refractivity contribution >= 4 is 39.3 Å². The van der Waals surface area contributed by atoms with E-state index in [-0.39, 0.29) is 5.41 Å². The minimum atomic E-state index is -0.187. The topological polar surface area (TPSA) is 38.9 Å². The number of nitrogens with zero attached hydrogens (tertiary/aromatic N) is 2. The predicted molar refractivity (Wildman–Crippen MR) is 237 cm³/mol. The molecular weight excluding hydrogens is 713 g/mol. The molecule has 3 heterocycles. The van der Waals surface area contributed by atoms with Crippen LogP contribution < -0.4 is 0 Å². The lowest BCUT2D eigenvalue weighted by Crippen LogP contribution is -2.35. The number of hydrogen-bond donors (Lipinski definition) is 0. The van der Waals surface area contributed by atoms with Crippen molar-refractivity contribution in [3.05, 3.63) is 193 Å². The molecule has 4 heteroatoms. The molecule has 3 nitrogen and oxygen atoms in total. The van der Waals surface area contributed by atoms with Gasteiger partial charge in [-0.2, -0.15) is 0 Å². The van der Waals surface area contributed by atoms with Crippen LogP contribution >= 0.6 is 11.8 Å². The van der Waals surface area contributed by atoms with E-state index in [9.17, 15) is 0 Å². The number of furan rings is 1. The van der Waals surface area contributed by atoms with E-state index < -0.39 is 0 Å². The number of fused-ring (bicyclic) bond motifs is 6. The van der Waals surface area contributed by atoms with Crippen LogP contribution in [0.1, 0.15) is 31.2 Å². The Balaban J connectivity index is 1.03. The van der Waals surface area contributed by atoms with Gasteiger partial charge in [-0.25, -0.2) is 9.97 Å². The molecule has 0 N–H and O–H groups in total. The highest BCUT2D eigenvalue weighted by molar-refractivity contribution is 8.00. The highest BCUT2D eigenvalue weighted by Gasteiger charge is 2.49. The first-order chi connectivity index (χ1) is 28.1. The van der Waals surface area contributed by atoms with Crippen LogP contribution in [0, 0.1) is 0 Å². The van der Waals surface area contributed by atoms with E-state index in [1.165, 1.54) is 38.3 Å². The molecule has 2 aliphatic rings. The largest absolute Gasteiger partial charge is 0.456 e. The maximum absolute atomic E-state index is 6.56. The number of rotatable bonds is 6. The number of thioether (sulfide) groups is 1. The van der Waals surface area contributed by atoms with E-state index in [1.807, 2.05) is 11.8 Å². The summed E-state index contributed by atoms with van der Waals surface area (Å²) in [7, 11) is 0. The second-order valence-corrected chi connectivity index (χ2v) is 16.6. The van der Waals surface area contributed by atoms with Crippen molar-refractivity contribution in [2.24, 2.45) is 0 Å². The second kappa shape index (κ2) is 13.6. The van der Waals surface area contributed by atoms with Crippen LogP contribution in [0.3, 0.4) is 0 Å². The summed E-state index contributed by atoms with van der Waals surface area (Å²) in [6, 6.07) is 62.7. The van der Waals surface area contributed by atoms with Gasteiger partial charge >= 0.3 is 0 Å². The molecule has 11 rings (SSSR count). The van der Waals surface area contributed by atoms with E-state index in [1.54, 1.807) is 0 Å². The van der Waals surface area contributed by atoms with Crippen molar-refractivity contribution in [2.45, 2.75) is 35.3 Å². The van der Waals surface area contributed by atoms with Gasteiger partial charge in [0.05, 0.1) is 11.4 Å². The van der Waals surface area contributed by atoms with E-state index in [2.05, 4.69) is 189 Å². The summed E-state index contributed by atoms with van der Waals surface area (Å²) in [5.74, 6) is 0.801. The zero-order valence-electron chi connectivity index (χ0n) is 31.5. The Morgan fingerprint density at radius 3 is 1.96 bits per heavy atom. The molecule has 0 radical (unpaired) electrons. The maximum atomic E-state index is 6.56. The Hall–Kier alpha value is -6.49. The first kappa shape index (κ1) is 33.8. The van der Waals surface area contributed by atoms with Crippen molar-refractivity contribution in [1.82, 2.24) is 9.97 Å². The van der Waals surface area contributed by atoms with E-state index in [0.717, 1.165) is 74.2 Å². The summed E-state index contributed by atoms with van der Waals surface area (Å²) in [5.41, 5.74) is 15.1. The number of benzene rings is 7. The minimum Gasteiger partial charge on any atom is -0.456 e. The molecule has 2 aromatic heterocycles. The van der Waals surface area contributed by atoms with Crippen LogP contribution in [0.4, 0.5) is 0 Å². The smallest absolute Gasteiger partial charge is 0.157 e. The average Bonchev–Trinajstić information content (AvgIpc) is 3.81. The molecule has 1 aliphatic heterocycles. The van der Waals surface area contributed by atoms with Crippen molar-refractivity contribution in [3.8, 4) is 55.9 Å². The Labute approximate surface area is 336 Å². The molecule has 57 heavy (non-hydrogen) atoms. The van der Waals surface area contributed by atoms with Crippen molar-refractivity contribution in [2.75, 3.05) is 0 Å². The van der Waals surface area contributed by atoms with E-state index >= 15 is 0 Å². The zero-order chi connectivity index (χ0) is 37.9. The number of allylic oxidation sites excluding steroid dienone is 2. The van der Waals surface area contributed by atoms with Gasteiger partial charge in [-0.05, 0) is 88.2 Å². The maximum Gasteiger partial charge on any atom is 0.157 e. The molecule has 272 valence electrons. The lowest BCUT2D eigenvalue weighted by molar-refractivity contribution is 0.535. The van der Waals surface area contributed by atoms with Crippen LogP contribution in [0.25, 0.3) is 83.4 Å². The summed E-state index contributed by atoms with van der Waals surface area (Å²) < 4.78 is 6.56. The van der Waals surface area contributed by atoms with Crippen LogP contribution in [0.2, 0.25) is 0 Å². The van der Waals surface area contributed by atoms with E-state index in [0.29, 0.717) is 5.25 Å². The van der Waals surface area contributed by atoms with Gasteiger partial charge in [0.15, 0.2) is 5.82 Å². The highest BCUT2D eigenvalue weighted by atomic mass is 32.2. The first-order valence-corrected chi connectivity index (χ1v) is 20.6. The fourth-order valence-corrected chi connectivity index (χ4v) is 10.7. The summed E-state index contributed by atoms with van der Waals surface area (Å²) >= 11 is 2.01. The number of hydrogen-bond acceptors (Lipinski definition) is 4. The third-order valence-electron chi connectivity index (χ3n) is 12.0. The molecular formula is C53H38N2OS. The first-order valence-electron chi connectivity index (χ1n) is 19.7. The Kier molecular flexibility index (Phi) is 8.08. The van der Waals surface area contributed by atoms with Gasteiger partial charge in [-0.3, -0.25) is 0 Å². The van der Waals surface area contributed by atoms with Crippen LogP contribution in [0.5, 0.6) is 0 Å². The van der Waals surface area contributed by atoms with Crippen molar-refractivity contribution in [1.29, 1.82) is 0 Å². The van der Waals surface area contributed by atoms with Crippen molar-refractivity contribution < 1.29 is 4.42 Å². The minimum absolute atomic E-state index is 0.187. The fraction of sp³-hybridized carbons (Fsp3) is 0.0943. The molecule has 1 aliphatic carbocycles. The second-order valence-electron chi connectivity index (χ2n) is 15.3. The molecule has 0 amide bonds. The molecule has 0 saturated carbocycles.